The van der Waals surface area contributed by atoms with E-state index in [0.717, 1.165) is 0 Å². The van der Waals surface area contributed by atoms with Crippen LogP contribution in [0.4, 0.5) is 0 Å². The molecule has 0 radical (unpaired) electrons. The van der Waals surface area contributed by atoms with Gasteiger partial charge in [0, 0.05) is 20.0 Å². The van der Waals surface area contributed by atoms with E-state index in [1.54, 1.807) is 34.9 Å². The van der Waals surface area contributed by atoms with E-state index in [2.05, 4.69) is 0 Å². The normalized spacial score (nSPS) is 36.5. The van der Waals surface area contributed by atoms with Gasteiger partial charge in [-0.1, -0.05) is 20.8 Å². The molecule has 5 unspecified atom stereocenters. The summed E-state index contributed by atoms with van der Waals surface area (Å²) in [6.07, 6.45) is -4.98. The molecule has 1 saturated heterocycles. The number of ether oxygens (including phenoxy) is 1. The van der Waals surface area contributed by atoms with E-state index in [4.69, 9.17) is 9.57 Å². The Bertz CT molecular complexity index is 327. The van der Waals surface area contributed by atoms with Crippen molar-refractivity contribution < 1.29 is 29.7 Å². The van der Waals surface area contributed by atoms with Crippen molar-refractivity contribution in [3.05, 3.63) is 0 Å². The lowest BCUT2D eigenvalue weighted by Gasteiger charge is -2.46. The highest BCUT2D eigenvalue weighted by Gasteiger charge is 2.52. The maximum atomic E-state index is 11.3. The number of hydrogen-bond donors (Lipinski definition) is 3. The molecule has 1 heterocycles. The third kappa shape index (κ3) is 3.64. The Morgan fingerprint density at radius 1 is 1.21 bits per heavy atom. The Hall–Kier alpha value is -0.730. The molecule has 0 spiro atoms. The summed E-state index contributed by atoms with van der Waals surface area (Å²) in [7, 11) is 3.15. The fourth-order valence-corrected chi connectivity index (χ4v) is 2.34. The number of nitrogens with zero attached hydrogens (tertiary/aromatic N) is 1. The number of aliphatic hydroxyl groups is 2. The molecule has 0 saturated carbocycles. The predicted octanol–water partition coefficient (Wildman–Crippen LogP) is -0.327. The maximum Gasteiger partial charge on any atom is 0.333 e. The van der Waals surface area contributed by atoms with Gasteiger partial charge >= 0.3 is 5.97 Å². The monoisotopic (exact) mass is 277 g/mol. The maximum absolute atomic E-state index is 11.3. The van der Waals surface area contributed by atoms with Crippen LogP contribution >= 0.6 is 0 Å². The minimum atomic E-state index is -1.30. The van der Waals surface area contributed by atoms with Crippen LogP contribution in [0.2, 0.25) is 0 Å². The van der Waals surface area contributed by atoms with Gasteiger partial charge in [0.2, 0.25) is 6.29 Å². The fraction of sp³-hybridized carbons (Fsp3) is 0.917. The van der Waals surface area contributed by atoms with E-state index in [0.29, 0.717) is 0 Å². The highest BCUT2D eigenvalue weighted by atomic mass is 16.8. The van der Waals surface area contributed by atoms with Crippen molar-refractivity contribution in [1.82, 2.24) is 5.06 Å². The second kappa shape index (κ2) is 5.72. The van der Waals surface area contributed by atoms with Gasteiger partial charge in [-0.2, -0.15) is 5.06 Å². The van der Waals surface area contributed by atoms with Crippen LogP contribution in [0.15, 0.2) is 0 Å². The third-order valence-corrected chi connectivity index (χ3v) is 3.16. The van der Waals surface area contributed by atoms with Crippen molar-refractivity contribution in [2.24, 2.45) is 11.3 Å². The summed E-state index contributed by atoms with van der Waals surface area (Å²) in [5, 5.41) is 30.7. The number of rotatable bonds is 3. The smallest absolute Gasteiger partial charge is 0.333 e. The third-order valence-electron chi connectivity index (χ3n) is 3.16. The Labute approximate surface area is 112 Å². The number of aliphatic hydroxyl groups excluding tert-OH is 2. The number of aliphatic carboxylic acids is 1. The molecule has 0 aromatic carbocycles. The molecule has 7 heteroatoms. The van der Waals surface area contributed by atoms with Crippen molar-refractivity contribution in [2.75, 3.05) is 14.1 Å². The van der Waals surface area contributed by atoms with Gasteiger partial charge in [-0.25, -0.2) is 4.79 Å². The standard InChI is InChI=1S/C12H23NO6/c1-12(2,3)6-7(14)8(15)11(19-13(4)5)18-9(6)10(16)17/h6-9,11,14-15H,1-5H3,(H,16,17). The summed E-state index contributed by atoms with van der Waals surface area (Å²) < 4.78 is 5.31. The molecule has 7 nitrogen and oxygen atoms in total. The minimum Gasteiger partial charge on any atom is -0.479 e. The Balaban J connectivity index is 3.01. The van der Waals surface area contributed by atoms with Gasteiger partial charge in [-0.15, -0.1) is 0 Å². The number of hydrogen-bond acceptors (Lipinski definition) is 6. The van der Waals surface area contributed by atoms with Crippen LogP contribution in [-0.4, -0.2) is 65.0 Å². The lowest BCUT2D eigenvalue weighted by Crippen LogP contribution is -2.61. The highest BCUT2D eigenvalue weighted by Crippen LogP contribution is 2.39. The largest absolute Gasteiger partial charge is 0.479 e. The summed E-state index contributed by atoms with van der Waals surface area (Å²) in [6, 6.07) is 0. The van der Waals surface area contributed by atoms with E-state index in [1.165, 1.54) is 5.06 Å². The molecule has 1 aliphatic rings. The number of carboxylic acids is 1. The van der Waals surface area contributed by atoms with Gasteiger partial charge in [-0.05, 0) is 5.41 Å². The first-order chi connectivity index (χ1) is 8.55. The molecule has 3 N–H and O–H groups in total. The van der Waals surface area contributed by atoms with Crippen LogP contribution in [0.25, 0.3) is 0 Å². The van der Waals surface area contributed by atoms with Gasteiger partial charge in [-0.3, -0.25) is 4.84 Å². The van der Waals surface area contributed by atoms with E-state index in [1.807, 2.05) is 0 Å². The second-order valence-electron chi connectivity index (χ2n) is 6.05. The van der Waals surface area contributed by atoms with E-state index >= 15 is 0 Å². The molecule has 1 rings (SSSR count). The number of carbonyl (C=O) groups is 1. The second-order valence-corrected chi connectivity index (χ2v) is 6.05. The summed E-state index contributed by atoms with van der Waals surface area (Å²) in [5.41, 5.74) is -0.535. The first-order valence-corrected chi connectivity index (χ1v) is 6.14. The molecular formula is C12H23NO6. The SMILES string of the molecule is CN(C)OC1OC(C(=O)O)C(C(C)(C)C)C(O)C1O. The lowest BCUT2D eigenvalue weighted by molar-refractivity contribution is -0.347. The average molecular weight is 277 g/mol. The summed E-state index contributed by atoms with van der Waals surface area (Å²) in [4.78, 5) is 16.5. The molecule has 19 heavy (non-hydrogen) atoms. The Morgan fingerprint density at radius 3 is 2.11 bits per heavy atom. The van der Waals surface area contributed by atoms with Crippen LogP contribution in [0, 0.1) is 11.3 Å². The van der Waals surface area contributed by atoms with Gasteiger partial charge in [0.15, 0.2) is 6.10 Å². The molecule has 0 amide bonds. The van der Waals surface area contributed by atoms with E-state index < -0.39 is 41.9 Å². The predicted molar refractivity (Wildman–Crippen MR) is 66.0 cm³/mol. The van der Waals surface area contributed by atoms with E-state index in [-0.39, 0.29) is 0 Å². The Kier molecular flexibility index (Phi) is 4.91. The van der Waals surface area contributed by atoms with Crippen molar-refractivity contribution in [1.29, 1.82) is 0 Å². The first kappa shape index (κ1) is 16.3. The number of hydroxylamine groups is 2. The summed E-state index contributed by atoms with van der Waals surface area (Å²) in [5.74, 6) is -1.92. The average Bonchev–Trinajstić information content (AvgIpc) is 2.21. The van der Waals surface area contributed by atoms with Gasteiger partial charge in [0.1, 0.15) is 6.10 Å². The van der Waals surface area contributed by atoms with Crippen molar-refractivity contribution in [2.45, 2.75) is 45.4 Å². The van der Waals surface area contributed by atoms with Gasteiger partial charge in [0.25, 0.3) is 0 Å². The molecular weight excluding hydrogens is 254 g/mol. The minimum absolute atomic E-state index is 0.535. The highest BCUT2D eigenvalue weighted by molar-refractivity contribution is 5.73. The number of carboxylic acid groups (broad SMARTS) is 1. The van der Waals surface area contributed by atoms with Crippen molar-refractivity contribution >= 4 is 5.97 Å². The first-order valence-electron chi connectivity index (χ1n) is 6.14. The molecule has 5 atom stereocenters. The van der Waals surface area contributed by atoms with Crippen molar-refractivity contribution in [3.63, 3.8) is 0 Å². The van der Waals surface area contributed by atoms with Crippen LogP contribution in [0.5, 0.6) is 0 Å². The molecule has 1 fully saturated rings. The summed E-state index contributed by atoms with van der Waals surface area (Å²) >= 11 is 0. The zero-order valence-corrected chi connectivity index (χ0v) is 11.9. The van der Waals surface area contributed by atoms with Crippen LogP contribution in [0.1, 0.15) is 20.8 Å². The van der Waals surface area contributed by atoms with Gasteiger partial charge in [0.05, 0.1) is 6.10 Å². The molecule has 0 aromatic rings. The zero-order valence-electron chi connectivity index (χ0n) is 11.9. The van der Waals surface area contributed by atoms with Crippen LogP contribution < -0.4 is 0 Å². The summed E-state index contributed by atoms with van der Waals surface area (Å²) in [6.45, 7) is 5.38. The lowest BCUT2D eigenvalue weighted by atomic mass is 9.71. The molecule has 112 valence electrons. The van der Waals surface area contributed by atoms with Crippen LogP contribution in [-0.2, 0) is 14.4 Å². The van der Waals surface area contributed by atoms with Crippen LogP contribution in [0.3, 0.4) is 0 Å². The fourth-order valence-electron chi connectivity index (χ4n) is 2.34. The topological polar surface area (TPSA) is 99.5 Å². The quantitative estimate of drug-likeness (QED) is 0.608. The molecule has 0 bridgehead atoms. The van der Waals surface area contributed by atoms with Gasteiger partial charge < -0.3 is 20.1 Å². The van der Waals surface area contributed by atoms with E-state index in [9.17, 15) is 20.1 Å². The van der Waals surface area contributed by atoms with Crippen molar-refractivity contribution in [3.8, 4) is 0 Å². The Morgan fingerprint density at radius 2 is 1.74 bits per heavy atom. The molecule has 0 aliphatic carbocycles. The molecule has 0 aromatic heterocycles. The molecule has 1 aliphatic heterocycles. The zero-order chi connectivity index (χ0) is 15.0.